The molecule has 8 nitrogen and oxygen atoms in total. The molecule has 0 radical (unpaired) electrons. The first kappa shape index (κ1) is 32.2. The number of amides is 1. The van der Waals surface area contributed by atoms with Gasteiger partial charge in [0.2, 0.25) is 5.91 Å². The van der Waals surface area contributed by atoms with E-state index in [0.717, 1.165) is 40.9 Å². The lowest BCUT2D eigenvalue weighted by Gasteiger charge is -2.16. The van der Waals surface area contributed by atoms with E-state index in [2.05, 4.69) is 0 Å². The van der Waals surface area contributed by atoms with Crippen molar-refractivity contribution in [2.75, 3.05) is 30.9 Å². The average Bonchev–Trinajstić information content (AvgIpc) is 2.96. The molecule has 0 bridgehead atoms. The molecule has 3 aromatic carbocycles. The van der Waals surface area contributed by atoms with E-state index in [4.69, 9.17) is 9.53 Å². The van der Waals surface area contributed by atoms with Gasteiger partial charge in [-0.05, 0) is 78.7 Å². The van der Waals surface area contributed by atoms with Crippen LogP contribution in [0, 0.1) is 0 Å². The molecule has 204 valence electrons. The molecule has 0 atom stereocenters. The Labute approximate surface area is 229 Å². The minimum Gasteiger partial charge on any atom is -0.423 e. The number of anilines is 2. The third-order valence-electron chi connectivity index (χ3n) is 5.22. The summed E-state index contributed by atoms with van der Waals surface area (Å²) >= 11 is 0. The highest BCUT2D eigenvalue weighted by Gasteiger charge is 2.10. The fourth-order valence-corrected chi connectivity index (χ4v) is 3.13. The number of carbonyl (C=O) groups excluding carboxylic acids is 5. The summed E-state index contributed by atoms with van der Waals surface area (Å²) in [5, 5.41) is 0. The molecule has 0 aliphatic rings. The molecular formula is C31H34N2O6. The van der Waals surface area contributed by atoms with Gasteiger partial charge in [0.15, 0.2) is 0 Å². The summed E-state index contributed by atoms with van der Waals surface area (Å²) in [6, 6.07) is 22.5. The Kier molecular flexibility index (Phi) is 14.5. The van der Waals surface area contributed by atoms with E-state index in [0.29, 0.717) is 30.3 Å². The quantitative estimate of drug-likeness (QED) is 0.172. The van der Waals surface area contributed by atoms with Crippen LogP contribution in [0.2, 0.25) is 0 Å². The predicted molar refractivity (Wildman–Crippen MR) is 154 cm³/mol. The topological polar surface area (TPSA) is 101 Å². The first-order chi connectivity index (χ1) is 18.7. The molecule has 0 saturated carbocycles. The summed E-state index contributed by atoms with van der Waals surface area (Å²) in [6.45, 7) is 3.29. The first-order valence-corrected chi connectivity index (χ1v) is 12.1. The molecule has 0 heterocycles. The second-order valence-corrected chi connectivity index (χ2v) is 8.10. The van der Waals surface area contributed by atoms with E-state index in [-0.39, 0.29) is 11.9 Å². The van der Waals surface area contributed by atoms with Crippen molar-refractivity contribution in [3.05, 3.63) is 90.5 Å². The maximum Gasteiger partial charge on any atom is 0.343 e. The smallest absolute Gasteiger partial charge is 0.343 e. The lowest BCUT2D eigenvalue weighted by Crippen LogP contribution is -2.24. The molecule has 0 aliphatic heterocycles. The Bertz CT molecular complexity index is 1220. The van der Waals surface area contributed by atoms with Crippen LogP contribution in [0.5, 0.6) is 5.75 Å². The van der Waals surface area contributed by atoms with Crippen LogP contribution in [-0.2, 0) is 19.2 Å². The second kappa shape index (κ2) is 17.6. The Hall–Kier alpha value is -4.85. The van der Waals surface area contributed by atoms with E-state index < -0.39 is 0 Å². The number of hydrogen-bond acceptors (Lipinski definition) is 7. The van der Waals surface area contributed by atoms with Crippen molar-refractivity contribution in [3.8, 4) is 16.9 Å². The number of carbonyl (C=O) groups is 5. The van der Waals surface area contributed by atoms with Crippen molar-refractivity contribution in [1.29, 1.82) is 0 Å². The van der Waals surface area contributed by atoms with Crippen LogP contribution < -0.4 is 14.5 Å². The molecule has 0 fully saturated rings. The molecule has 0 N–H and O–H groups in total. The second-order valence-electron chi connectivity index (χ2n) is 8.10. The number of aldehydes is 3. The number of hydrogen-bond donors (Lipinski definition) is 0. The zero-order valence-electron chi connectivity index (χ0n) is 22.9. The fraction of sp³-hybridized carbons (Fsp3) is 0.194. The zero-order valence-corrected chi connectivity index (χ0v) is 22.9. The van der Waals surface area contributed by atoms with E-state index in [1.165, 1.54) is 6.92 Å². The number of rotatable bonds is 8. The van der Waals surface area contributed by atoms with Crippen LogP contribution in [0.25, 0.3) is 11.1 Å². The molecule has 0 aromatic heterocycles. The van der Waals surface area contributed by atoms with E-state index >= 15 is 0 Å². The number of ether oxygens (including phenoxy) is 1. The standard InChI is InChI=1S/C25H26N2O3.C4H4O2.C2H4O/c1-5-24(28)27(4)22-14-6-18(7-15-22)19-10-16-23(17-11-19)30-25(29)20-8-12-21(13-9-20)26(2)3;5-3-1-2-4-6;1-2-3/h6-17H,5H2,1-4H3;1-4H;2H,1H3/b;2-1-;. The van der Waals surface area contributed by atoms with Gasteiger partial charge in [-0.1, -0.05) is 31.2 Å². The monoisotopic (exact) mass is 530 g/mol. The van der Waals surface area contributed by atoms with Crippen LogP contribution in [0.1, 0.15) is 30.6 Å². The first-order valence-electron chi connectivity index (χ1n) is 12.1. The molecule has 0 aliphatic carbocycles. The van der Waals surface area contributed by atoms with Gasteiger partial charge in [0.05, 0.1) is 5.56 Å². The molecule has 3 aromatic rings. The summed E-state index contributed by atoms with van der Waals surface area (Å²) in [4.78, 5) is 55.3. The summed E-state index contributed by atoms with van der Waals surface area (Å²) in [7, 11) is 5.68. The molecule has 0 unspecified atom stereocenters. The summed E-state index contributed by atoms with van der Waals surface area (Å²) < 4.78 is 5.48. The van der Waals surface area contributed by atoms with Gasteiger partial charge < -0.3 is 19.3 Å². The van der Waals surface area contributed by atoms with Crippen molar-refractivity contribution < 1.29 is 28.7 Å². The molecule has 0 spiro atoms. The van der Waals surface area contributed by atoms with Gasteiger partial charge in [-0.2, -0.15) is 0 Å². The lowest BCUT2D eigenvalue weighted by atomic mass is 10.1. The van der Waals surface area contributed by atoms with Crippen LogP contribution in [0.3, 0.4) is 0 Å². The summed E-state index contributed by atoms with van der Waals surface area (Å²) in [6.07, 6.45) is 4.58. The van der Waals surface area contributed by atoms with Gasteiger partial charge in [0, 0.05) is 38.9 Å². The molecular weight excluding hydrogens is 496 g/mol. The van der Waals surface area contributed by atoms with Gasteiger partial charge in [-0.3, -0.25) is 14.4 Å². The van der Waals surface area contributed by atoms with Gasteiger partial charge >= 0.3 is 5.97 Å². The predicted octanol–water partition coefficient (Wildman–Crippen LogP) is 5.16. The largest absolute Gasteiger partial charge is 0.423 e. The number of benzene rings is 3. The minimum atomic E-state index is -0.388. The maximum atomic E-state index is 12.4. The Morgan fingerprint density at radius 2 is 1.15 bits per heavy atom. The minimum absolute atomic E-state index is 0.0743. The van der Waals surface area contributed by atoms with Crippen LogP contribution in [0.15, 0.2) is 84.9 Å². The number of esters is 1. The van der Waals surface area contributed by atoms with Crippen molar-refractivity contribution in [2.45, 2.75) is 20.3 Å². The maximum absolute atomic E-state index is 12.4. The van der Waals surface area contributed by atoms with Crippen LogP contribution in [0.4, 0.5) is 11.4 Å². The average molecular weight is 531 g/mol. The summed E-state index contributed by atoms with van der Waals surface area (Å²) in [5.74, 6) is 0.177. The van der Waals surface area contributed by atoms with Crippen molar-refractivity contribution in [1.82, 2.24) is 0 Å². The highest BCUT2D eigenvalue weighted by molar-refractivity contribution is 5.93. The zero-order chi connectivity index (χ0) is 29.2. The molecule has 39 heavy (non-hydrogen) atoms. The van der Waals surface area contributed by atoms with Crippen molar-refractivity contribution >= 4 is 42.1 Å². The SMILES string of the molecule is CC=O.CCC(=O)N(C)c1ccc(-c2ccc(OC(=O)c3ccc(N(C)C)cc3)cc2)cc1.O=C/C=C\C=O. The highest BCUT2D eigenvalue weighted by Crippen LogP contribution is 2.25. The Morgan fingerprint density at radius 3 is 1.56 bits per heavy atom. The normalized spacial score (nSPS) is 9.67. The Morgan fingerprint density at radius 1 is 0.718 bits per heavy atom. The molecule has 1 amide bonds. The van der Waals surface area contributed by atoms with Crippen molar-refractivity contribution in [3.63, 3.8) is 0 Å². The Balaban J connectivity index is 0.000000734. The van der Waals surface area contributed by atoms with E-state index in [1.807, 2.05) is 74.4 Å². The fourth-order valence-electron chi connectivity index (χ4n) is 3.13. The number of nitrogens with zero attached hydrogens (tertiary/aromatic N) is 2. The number of allylic oxidation sites excluding steroid dienone is 2. The highest BCUT2D eigenvalue weighted by atomic mass is 16.5. The van der Waals surface area contributed by atoms with Gasteiger partial charge in [-0.25, -0.2) is 4.79 Å². The molecule has 3 rings (SSSR count). The van der Waals surface area contributed by atoms with Gasteiger partial charge in [0.25, 0.3) is 0 Å². The van der Waals surface area contributed by atoms with Crippen LogP contribution >= 0.6 is 0 Å². The summed E-state index contributed by atoms with van der Waals surface area (Å²) in [5.41, 5.74) is 4.41. The van der Waals surface area contributed by atoms with Gasteiger partial charge in [-0.15, -0.1) is 0 Å². The third-order valence-corrected chi connectivity index (χ3v) is 5.22. The van der Waals surface area contributed by atoms with Crippen molar-refractivity contribution in [2.24, 2.45) is 0 Å². The van der Waals surface area contributed by atoms with E-state index in [1.54, 1.807) is 36.2 Å². The van der Waals surface area contributed by atoms with Gasteiger partial charge in [0.1, 0.15) is 24.6 Å². The molecule has 8 heteroatoms. The molecule has 0 saturated heterocycles. The lowest BCUT2D eigenvalue weighted by molar-refractivity contribution is -0.118. The third kappa shape index (κ3) is 11.0. The van der Waals surface area contributed by atoms with Crippen LogP contribution in [-0.4, -0.2) is 51.9 Å². The van der Waals surface area contributed by atoms with E-state index in [9.17, 15) is 19.2 Å².